The number of thiazole rings is 1. The van der Waals surface area contributed by atoms with Crippen LogP contribution >= 0.6 is 11.3 Å². The molecular formula is C59H80F2N12O5S. The summed E-state index contributed by atoms with van der Waals surface area (Å²) in [5.74, 6) is -0.469. The van der Waals surface area contributed by atoms with E-state index in [2.05, 4.69) is 59.4 Å². The Kier molecular flexibility index (Phi) is 16.2. The van der Waals surface area contributed by atoms with Gasteiger partial charge in [0.15, 0.2) is 0 Å². The number of carbonyl (C=O) groups is 4. The number of piperidine rings is 2. The second-order valence-corrected chi connectivity index (χ2v) is 26.4. The molecule has 8 heterocycles. The smallest absolute Gasteiger partial charge is 0.246 e. The van der Waals surface area contributed by atoms with E-state index >= 15 is 8.78 Å². The molecule has 5 atom stereocenters. The first kappa shape index (κ1) is 56.4. The molecule has 6 fully saturated rings. The summed E-state index contributed by atoms with van der Waals surface area (Å²) in [5.41, 5.74) is 4.25. The Balaban J connectivity index is 0.693. The van der Waals surface area contributed by atoms with Gasteiger partial charge in [0.25, 0.3) is 0 Å². The number of nitrogens with zero attached hydrogens (tertiary/aromatic N) is 9. The van der Waals surface area contributed by atoms with Crippen LogP contribution in [0.15, 0.2) is 54.3 Å². The number of hydrogen-bond acceptors (Lipinski definition) is 14. The molecule has 20 heteroatoms. The molecule has 6 aliphatic rings. The summed E-state index contributed by atoms with van der Waals surface area (Å²) in [6.45, 7) is 21.6. The fourth-order valence-electron chi connectivity index (χ4n) is 13.0. The number of β-amino-alcohol motifs (C(OH)–C–C–N with tert-alkyl or cyclic N) is 1. The summed E-state index contributed by atoms with van der Waals surface area (Å²) in [4.78, 5) is 82.2. The number of nitrogens with one attached hydrogen (secondary N) is 3. The number of piperazine rings is 1. The maximum atomic E-state index is 15.8. The molecule has 6 saturated heterocycles. The lowest BCUT2D eigenvalue weighted by Gasteiger charge is -2.48. The first-order valence-electron chi connectivity index (χ1n) is 28.4. The van der Waals surface area contributed by atoms with E-state index in [9.17, 15) is 24.3 Å². The Labute approximate surface area is 467 Å². The van der Waals surface area contributed by atoms with Crippen LogP contribution in [0, 0.1) is 34.8 Å². The maximum Gasteiger partial charge on any atom is 0.246 e. The highest BCUT2D eigenvalue weighted by molar-refractivity contribution is 7.13. The van der Waals surface area contributed by atoms with Crippen molar-refractivity contribution in [3.05, 3.63) is 82.8 Å². The number of aliphatic hydroxyl groups is 1. The molecule has 2 aromatic heterocycles. The molecule has 0 saturated carbocycles. The molecule has 17 nitrogen and oxygen atoms in total. The lowest BCUT2D eigenvalue weighted by atomic mass is 9.82. The van der Waals surface area contributed by atoms with E-state index in [1.165, 1.54) is 17.0 Å². The van der Waals surface area contributed by atoms with Crippen LogP contribution in [0.3, 0.4) is 0 Å². The second kappa shape index (κ2) is 22.6. The van der Waals surface area contributed by atoms with Crippen molar-refractivity contribution < 1.29 is 33.1 Å². The lowest BCUT2D eigenvalue weighted by Crippen LogP contribution is -2.66. The number of anilines is 3. The predicted octanol–water partition coefficient (Wildman–Crippen LogP) is 6.45. The van der Waals surface area contributed by atoms with Gasteiger partial charge in [-0.15, -0.1) is 11.3 Å². The number of benzene rings is 2. The number of halogens is 2. The molecule has 2 aromatic carbocycles. The third-order valence-electron chi connectivity index (χ3n) is 18.0. The zero-order valence-electron chi connectivity index (χ0n) is 47.1. The van der Waals surface area contributed by atoms with Gasteiger partial charge in [-0.3, -0.25) is 24.1 Å². The maximum absolute atomic E-state index is 15.8. The zero-order valence-corrected chi connectivity index (χ0v) is 47.9. The van der Waals surface area contributed by atoms with Crippen LogP contribution in [-0.4, -0.2) is 161 Å². The molecule has 4 amide bonds. The van der Waals surface area contributed by atoms with Crippen molar-refractivity contribution in [3.8, 4) is 10.4 Å². The number of aromatic nitrogens is 3. The minimum Gasteiger partial charge on any atom is -0.391 e. The van der Waals surface area contributed by atoms with Crippen molar-refractivity contribution in [2.75, 3.05) is 93.2 Å². The molecular weight excluding hydrogens is 1030 g/mol. The van der Waals surface area contributed by atoms with Gasteiger partial charge in [0.2, 0.25) is 23.6 Å². The topological polar surface area (TPSA) is 183 Å². The van der Waals surface area contributed by atoms with Gasteiger partial charge in [0.1, 0.15) is 41.7 Å². The van der Waals surface area contributed by atoms with Crippen LogP contribution in [0.25, 0.3) is 10.4 Å². The van der Waals surface area contributed by atoms with Gasteiger partial charge >= 0.3 is 0 Å². The van der Waals surface area contributed by atoms with Crippen LogP contribution in [-0.2, 0) is 25.7 Å². The van der Waals surface area contributed by atoms with Gasteiger partial charge in [0.05, 0.1) is 46.0 Å². The van der Waals surface area contributed by atoms with Gasteiger partial charge < -0.3 is 45.6 Å². The van der Waals surface area contributed by atoms with E-state index in [-0.39, 0.29) is 72.1 Å². The Morgan fingerprint density at radius 1 is 0.835 bits per heavy atom. The number of likely N-dealkylation sites (tertiary alicyclic amines) is 3. The summed E-state index contributed by atoms with van der Waals surface area (Å²) in [5, 5.41) is 20.1. The average molecular weight is 1110 g/mol. The Bertz CT molecular complexity index is 2880. The van der Waals surface area contributed by atoms with Crippen LogP contribution in [0.4, 0.5) is 26.1 Å². The Hall–Kier alpha value is -5.83. The molecule has 0 aliphatic carbocycles. The average Bonchev–Trinajstić information content (AvgIpc) is 4.28. The largest absolute Gasteiger partial charge is 0.391 e. The minimum atomic E-state index is -0.911. The first-order chi connectivity index (χ1) is 37.5. The molecule has 10 rings (SSSR count). The fourth-order valence-corrected chi connectivity index (χ4v) is 13.8. The van der Waals surface area contributed by atoms with E-state index in [1.807, 2.05) is 70.5 Å². The molecule has 4 aromatic rings. The van der Waals surface area contributed by atoms with Crippen LogP contribution in [0.2, 0.25) is 0 Å². The molecule has 79 heavy (non-hydrogen) atoms. The predicted molar refractivity (Wildman–Crippen MR) is 303 cm³/mol. The monoisotopic (exact) mass is 1110 g/mol. The molecule has 6 aliphatic heterocycles. The summed E-state index contributed by atoms with van der Waals surface area (Å²) in [6, 6.07) is 10.5. The quantitative estimate of drug-likeness (QED) is 0.108. The highest BCUT2D eigenvalue weighted by Gasteiger charge is 2.47. The normalized spacial score (nSPS) is 24.3. The molecule has 2 spiro atoms. The van der Waals surface area contributed by atoms with Gasteiger partial charge in [-0.1, -0.05) is 58.9 Å². The van der Waals surface area contributed by atoms with Crippen molar-refractivity contribution in [2.45, 2.75) is 136 Å². The van der Waals surface area contributed by atoms with Crippen molar-refractivity contribution in [1.29, 1.82) is 0 Å². The SMILES string of the molecule is Cc1ncsc1-c1ccc([C@H](C)NC(=O)[C@@H]2C[C@@H](O)CN2C(=O)[C@@H](NC(=O)CCN2CC[C@]3(CCN(c4cc(N5CCC6(CC5)CN(c5cc(F)c(CN7CCC(C)(C)CC7)cc5F)CC(=O)N6)ncn4)C3)C2)C(C)(C)C)cc1. The third-order valence-corrected chi connectivity index (χ3v) is 18.9. The minimum absolute atomic E-state index is 0.00222. The zero-order chi connectivity index (χ0) is 56.0. The van der Waals surface area contributed by atoms with E-state index in [4.69, 9.17) is 4.98 Å². The summed E-state index contributed by atoms with van der Waals surface area (Å²) >= 11 is 1.58. The highest BCUT2D eigenvalue weighted by Crippen LogP contribution is 2.42. The number of amides is 4. The summed E-state index contributed by atoms with van der Waals surface area (Å²) in [6.07, 6.45) is 6.29. The van der Waals surface area contributed by atoms with Gasteiger partial charge in [-0.05, 0) is 100 Å². The summed E-state index contributed by atoms with van der Waals surface area (Å²) in [7, 11) is 0. The van der Waals surface area contributed by atoms with Crippen molar-refractivity contribution in [2.24, 2.45) is 16.2 Å². The van der Waals surface area contributed by atoms with Crippen LogP contribution in [0.1, 0.15) is 116 Å². The van der Waals surface area contributed by atoms with Gasteiger partial charge in [-0.25, -0.2) is 23.7 Å². The molecule has 0 radical (unpaired) electrons. The molecule has 0 unspecified atom stereocenters. The summed E-state index contributed by atoms with van der Waals surface area (Å²) < 4.78 is 31.5. The number of aryl methyl sites for hydroxylation is 1. The third kappa shape index (κ3) is 12.7. The van der Waals surface area contributed by atoms with Crippen molar-refractivity contribution in [1.82, 2.24) is 45.6 Å². The second-order valence-electron chi connectivity index (χ2n) is 25.6. The standard InChI is InChI=1S/C59H80F2N12O5S/c1-38(40-8-10-41(11-9-40)52-39(2)64-37-79-52)65-54(77)47-27-43(74)31-73(47)55(78)53(56(3,4)5)66-50(75)12-19-69-22-15-58(33-69)16-23-71(34-58)49-29-48(62-36-63-49)70-24-17-59(18-25-70)35-72(32-51(76)67-59)46-28-44(60)42(26-45(46)61)30-68-20-13-57(6,7)14-21-68/h8-11,26,28-29,36-38,43,47,53,74H,12-25,27,30-35H2,1-7H3,(H,65,77)(H,66,75)(H,67,76)/t38-,43+,47-,53+,58-/m0/s1. The molecule has 0 bridgehead atoms. The van der Waals surface area contributed by atoms with E-state index < -0.39 is 40.8 Å². The van der Waals surface area contributed by atoms with Gasteiger partial charge in [0, 0.05) is 94.9 Å². The Morgan fingerprint density at radius 3 is 2.22 bits per heavy atom. The molecule has 4 N–H and O–H groups in total. The van der Waals surface area contributed by atoms with E-state index in [1.54, 1.807) is 22.6 Å². The van der Waals surface area contributed by atoms with E-state index in [0.29, 0.717) is 51.1 Å². The van der Waals surface area contributed by atoms with Gasteiger partial charge in [-0.2, -0.15) is 0 Å². The van der Waals surface area contributed by atoms with Crippen LogP contribution in [0.5, 0.6) is 0 Å². The number of hydrogen-bond donors (Lipinski definition) is 4. The van der Waals surface area contributed by atoms with E-state index in [0.717, 1.165) is 98.3 Å². The number of rotatable bonds is 14. The van der Waals surface area contributed by atoms with Crippen molar-refractivity contribution >= 4 is 52.3 Å². The molecule has 426 valence electrons. The number of carbonyl (C=O) groups excluding carboxylic acids is 4. The highest BCUT2D eigenvalue weighted by atomic mass is 32.1. The first-order valence-corrected chi connectivity index (χ1v) is 29.3. The lowest BCUT2D eigenvalue weighted by molar-refractivity contribution is -0.144. The van der Waals surface area contributed by atoms with Crippen LogP contribution < -0.4 is 30.7 Å². The Morgan fingerprint density at radius 2 is 1.52 bits per heavy atom. The number of aliphatic hydroxyl groups excluding tert-OH is 1. The van der Waals surface area contributed by atoms with Crippen molar-refractivity contribution in [3.63, 3.8) is 0 Å². The fraction of sp³-hybridized carbons (Fsp3) is 0.610.